The minimum absolute atomic E-state index is 0.0918. The van der Waals surface area contributed by atoms with Crippen molar-refractivity contribution in [1.82, 2.24) is 10.2 Å². The summed E-state index contributed by atoms with van der Waals surface area (Å²) in [6.07, 6.45) is 1.77. The van der Waals surface area contributed by atoms with Crippen LogP contribution in [0.2, 0.25) is 0 Å². The summed E-state index contributed by atoms with van der Waals surface area (Å²) in [4.78, 5) is 64.8. The minimum atomic E-state index is -1.14. The summed E-state index contributed by atoms with van der Waals surface area (Å²) in [6, 6.07) is 6.95. The number of nitrogens with zero attached hydrogens (tertiary/aromatic N) is 1. The van der Waals surface area contributed by atoms with Gasteiger partial charge in [-0.1, -0.05) is 62.4 Å². The SMILES string of the molecule is CNC(=O)[C@H](Cc1ccccc1)N(C(=O)C(CCCCC(=O)OC)SC(C)=O)C(=O)[C@@H](N)CC(C)C. The van der Waals surface area contributed by atoms with Crippen LogP contribution in [0.15, 0.2) is 30.3 Å². The predicted octanol–water partition coefficient (Wildman–Crippen LogP) is 2.45. The van der Waals surface area contributed by atoms with Crippen LogP contribution in [0.1, 0.15) is 58.4 Å². The van der Waals surface area contributed by atoms with E-state index in [1.165, 1.54) is 21.1 Å². The molecule has 0 radical (unpaired) electrons. The van der Waals surface area contributed by atoms with E-state index >= 15 is 0 Å². The first kappa shape index (κ1) is 31.3. The number of amides is 3. The number of carbonyl (C=O) groups is 5. The largest absolute Gasteiger partial charge is 0.469 e. The van der Waals surface area contributed by atoms with E-state index in [9.17, 15) is 24.0 Å². The Hall–Kier alpha value is -2.72. The summed E-state index contributed by atoms with van der Waals surface area (Å²) in [7, 11) is 2.74. The van der Waals surface area contributed by atoms with Crippen LogP contribution in [0.3, 0.4) is 0 Å². The number of esters is 1. The van der Waals surface area contributed by atoms with Crippen LogP contribution in [0.5, 0.6) is 0 Å². The van der Waals surface area contributed by atoms with Gasteiger partial charge in [-0.25, -0.2) is 0 Å². The Morgan fingerprint density at radius 3 is 2.22 bits per heavy atom. The Morgan fingerprint density at radius 1 is 1.06 bits per heavy atom. The molecule has 3 amide bonds. The molecule has 0 heterocycles. The van der Waals surface area contributed by atoms with Crippen molar-refractivity contribution in [3.05, 3.63) is 35.9 Å². The summed E-state index contributed by atoms with van der Waals surface area (Å²) in [5.41, 5.74) is 6.97. The number of hydrogen-bond acceptors (Lipinski definition) is 8. The molecule has 1 aromatic rings. The van der Waals surface area contributed by atoms with Gasteiger partial charge < -0.3 is 15.8 Å². The molecule has 0 aromatic heterocycles. The van der Waals surface area contributed by atoms with Gasteiger partial charge in [0.1, 0.15) is 6.04 Å². The molecule has 0 aliphatic rings. The van der Waals surface area contributed by atoms with Crippen LogP contribution in [0.25, 0.3) is 0 Å². The van der Waals surface area contributed by atoms with Crippen LogP contribution in [-0.2, 0) is 35.1 Å². The lowest BCUT2D eigenvalue weighted by Crippen LogP contribution is -2.59. The fourth-order valence-corrected chi connectivity index (χ4v) is 4.70. The quantitative estimate of drug-likeness (QED) is 0.281. The van der Waals surface area contributed by atoms with Crippen molar-refractivity contribution in [1.29, 1.82) is 0 Å². The number of methoxy groups -OCH3 is 1. The second-order valence-corrected chi connectivity index (χ2v) is 10.4. The molecule has 3 N–H and O–H groups in total. The normalized spacial score (nSPS) is 13.4. The van der Waals surface area contributed by atoms with Gasteiger partial charge >= 0.3 is 5.97 Å². The Bertz CT molecular complexity index is 893. The highest BCUT2D eigenvalue weighted by Crippen LogP contribution is 2.25. The predicted molar refractivity (Wildman–Crippen MR) is 140 cm³/mol. The number of carbonyl (C=O) groups excluding carboxylic acids is 5. The molecular weight excluding hydrogens is 482 g/mol. The van der Waals surface area contributed by atoms with Crippen molar-refractivity contribution < 1.29 is 28.7 Å². The van der Waals surface area contributed by atoms with Crippen LogP contribution < -0.4 is 11.1 Å². The second kappa shape index (κ2) is 16.1. The average Bonchev–Trinajstić information content (AvgIpc) is 2.84. The maximum absolute atomic E-state index is 13.9. The molecule has 0 saturated heterocycles. The standard InChI is InChI=1S/C26H39N3O6S/c1-17(2)15-20(27)25(33)29(21(24(32)28-4)16-19-11-7-6-8-12-19)26(34)22(36-18(3)30)13-9-10-14-23(31)35-5/h6-8,11-12,17,20-22H,9-10,13-16,27H2,1-5H3,(H,28,32)/t20-,21-,22?/m0/s1. The summed E-state index contributed by atoms with van der Waals surface area (Å²) < 4.78 is 4.65. The van der Waals surface area contributed by atoms with Crippen LogP contribution >= 0.6 is 11.8 Å². The van der Waals surface area contributed by atoms with E-state index in [2.05, 4.69) is 10.1 Å². The Labute approximate surface area is 217 Å². The number of likely N-dealkylation sites (N-methyl/N-ethyl adjacent to an activating group) is 1. The third-order valence-electron chi connectivity index (χ3n) is 5.56. The van der Waals surface area contributed by atoms with Gasteiger partial charge in [-0.2, -0.15) is 0 Å². The first-order valence-corrected chi connectivity index (χ1v) is 13.0. The summed E-state index contributed by atoms with van der Waals surface area (Å²) in [5, 5.41) is 1.36. The van der Waals surface area contributed by atoms with Gasteiger partial charge in [0.15, 0.2) is 5.12 Å². The molecule has 0 aliphatic heterocycles. The second-order valence-electron chi connectivity index (χ2n) is 9.02. The molecule has 3 atom stereocenters. The first-order valence-electron chi connectivity index (χ1n) is 12.1. The van der Waals surface area contributed by atoms with Gasteiger partial charge in [-0.15, -0.1) is 0 Å². The molecule has 0 fully saturated rings. The van der Waals surface area contributed by atoms with E-state index in [0.29, 0.717) is 19.3 Å². The van der Waals surface area contributed by atoms with E-state index in [0.717, 1.165) is 22.2 Å². The number of ether oxygens (including phenoxy) is 1. The number of nitrogens with two attached hydrogens (primary N) is 1. The smallest absolute Gasteiger partial charge is 0.305 e. The van der Waals surface area contributed by atoms with Crippen LogP contribution in [0, 0.1) is 5.92 Å². The first-order chi connectivity index (χ1) is 17.0. The van der Waals surface area contributed by atoms with E-state index in [-0.39, 0.29) is 36.3 Å². The molecular formula is C26H39N3O6S. The molecule has 1 aromatic carbocycles. The van der Waals surface area contributed by atoms with Gasteiger partial charge in [0.05, 0.1) is 18.4 Å². The zero-order chi connectivity index (χ0) is 27.3. The lowest BCUT2D eigenvalue weighted by Gasteiger charge is -2.33. The van der Waals surface area contributed by atoms with Crippen molar-refractivity contribution in [2.75, 3.05) is 14.2 Å². The summed E-state index contributed by atoms with van der Waals surface area (Å²) >= 11 is 0.816. The Morgan fingerprint density at radius 2 is 1.69 bits per heavy atom. The number of imide groups is 1. The summed E-state index contributed by atoms with van der Waals surface area (Å²) in [5.74, 6) is -2.07. The highest BCUT2D eigenvalue weighted by Gasteiger charge is 2.40. The zero-order valence-corrected chi connectivity index (χ0v) is 22.6. The highest BCUT2D eigenvalue weighted by molar-refractivity contribution is 8.14. The van der Waals surface area contributed by atoms with Crippen LogP contribution in [0.4, 0.5) is 0 Å². The maximum Gasteiger partial charge on any atom is 0.305 e. The van der Waals surface area contributed by atoms with Gasteiger partial charge in [-0.3, -0.25) is 28.9 Å². The number of thioether (sulfide) groups is 1. The fourth-order valence-electron chi connectivity index (χ4n) is 3.80. The average molecular weight is 522 g/mol. The molecule has 200 valence electrons. The third kappa shape index (κ3) is 10.5. The molecule has 36 heavy (non-hydrogen) atoms. The number of hydrogen-bond donors (Lipinski definition) is 2. The number of rotatable bonds is 14. The number of benzene rings is 1. The number of unbranched alkanes of at least 4 members (excludes halogenated alkanes) is 1. The number of nitrogens with one attached hydrogen (secondary N) is 1. The Balaban J connectivity index is 3.36. The monoisotopic (exact) mass is 521 g/mol. The van der Waals surface area contributed by atoms with E-state index < -0.39 is 35.1 Å². The third-order valence-corrected chi connectivity index (χ3v) is 6.61. The molecule has 10 heteroatoms. The van der Waals surface area contributed by atoms with Crippen molar-refractivity contribution >= 4 is 40.6 Å². The lowest BCUT2D eigenvalue weighted by molar-refractivity contribution is -0.152. The van der Waals surface area contributed by atoms with Crippen molar-refractivity contribution in [2.24, 2.45) is 11.7 Å². The van der Waals surface area contributed by atoms with Crippen LogP contribution in [-0.4, -0.2) is 65.2 Å². The molecule has 9 nitrogen and oxygen atoms in total. The van der Waals surface area contributed by atoms with Gasteiger partial charge in [-0.05, 0) is 30.7 Å². The zero-order valence-electron chi connectivity index (χ0n) is 21.8. The molecule has 1 unspecified atom stereocenters. The maximum atomic E-state index is 13.9. The molecule has 0 saturated carbocycles. The highest BCUT2D eigenvalue weighted by atomic mass is 32.2. The molecule has 0 aliphatic carbocycles. The van der Waals surface area contributed by atoms with Gasteiger partial charge in [0.2, 0.25) is 17.7 Å². The van der Waals surface area contributed by atoms with Crippen molar-refractivity contribution in [2.45, 2.75) is 76.6 Å². The lowest BCUT2D eigenvalue weighted by atomic mass is 9.99. The van der Waals surface area contributed by atoms with E-state index in [1.54, 1.807) is 0 Å². The fraction of sp³-hybridized carbons (Fsp3) is 0.577. The van der Waals surface area contributed by atoms with Crippen molar-refractivity contribution in [3.8, 4) is 0 Å². The van der Waals surface area contributed by atoms with Gasteiger partial charge in [0, 0.05) is 26.8 Å². The van der Waals surface area contributed by atoms with E-state index in [1.807, 2.05) is 44.2 Å². The van der Waals surface area contributed by atoms with Gasteiger partial charge in [0.25, 0.3) is 0 Å². The molecule has 0 bridgehead atoms. The van der Waals surface area contributed by atoms with Crippen molar-refractivity contribution in [3.63, 3.8) is 0 Å². The summed E-state index contributed by atoms with van der Waals surface area (Å²) in [6.45, 7) is 5.17. The minimum Gasteiger partial charge on any atom is -0.469 e. The Kier molecular flexibility index (Phi) is 14.0. The van der Waals surface area contributed by atoms with E-state index in [4.69, 9.17) is 5.73 Å². The topological polar surface area (TPSA) is 136 Å². The molecule has 1 rings (SSSR count). The molecule has 0 spiro atoms.